The molecule has 1 N–H and O–H groups in total. The lowest BCUT2D eigenvalue weighted by Gasteiger charge is -2.22. The minimum Gasteiger partial charge on any atom is -0.342 e. The van der Waals surface area contributed by atoms with Crippen LogP contribution in [0.15, 0.2) is 18.2 Å². The molecule has 0 atom stereocenters. The Labute approximate surface area is 127 Å². The SMILES string of the molecule is CC(=O)N(CCC(=O)Nc1ccc(C)cc1C)CC(C)C. The van der Waals surface area contributed by atoms with Crippen LogP contribution in [0, 0.1) is 19.8 Å². The van der Waals surface area contributed by atoms with E-state index in [9.17, 15) is 9.59 Å². The number of hydrogen-bond acceptors (Lipinski definition) is 2. The van der Waals surface area contributed by atoms with E-state index >= 15 is 0 Å². The second-order valence-corrected chi connectivity index (χ2v) is 5.98. The highest BCUT2D eigenvalue weighted by Crippen LogP contribution is 2.16. The molecule has 0 aliphatic rings. The maximum Gasteiger partial charge on any atom is 0.226 e. The third-order valence-electron chi connectivity index (χ3n) is 3.30. The normalized spacial score (nSPS) is 10.6. The number of nitrogens with one attached hydrogen (secondary N) is 1. The van der Waals surface area contributed by atoms with Crippen LogP contribution in [-0.2, 0) is 9.59 Å². The van der Waals surface area contributed by atoms with Gasteiger partial charge in [-0.2, -0.15) is 0 Å². The zero-order chi connectivity index (χ0) is 16.0. The largest absolute Gasteiger partial charge is 0.342 e. The predicted molar refractivity (Wildman–Crippen MR) is 86.3 cm³/mol. The van der Waals surface area contributed by atoms with Crippen molar-refractivity contribution in [3.8, 4) is 0 Å². The first-order valence-electron chi connectivity index (χ1n) is 7.42. The van der Waals surface area contributed by atoms with E-state index in [4.69, 9.17) is 0 Å². The Morgan fingerprint density at radius 2 is 1.90 bits per heavy atom. The Kier molecular flexibility index (Phi) is 6.40. The first-order chi connectivity index (χ1) is 9.79. The summed E-state index contributed by atoms with van der Waals surface area (Å²) < 4.78 is 0. The van der Waals surface area contributed by atoms with Crippen LogP contribution in [0.4, 0.5) is 5.69 Å². The van der Waals surface area contributed by atoms with E-state index in [1.54, 1.807) is 11.8 Å². The number of anilines is 1. The number of hydrogen-bond donors (Lipinski definition) is 1. The minimum absolute atomic E-state index is 0.0167. The van der Waals surface area contributed by atoms with Crippen LogP contribution in [0.1, 0.15) is 38.3 Å². The van der Waals surface area contributed by atoms with E-state index in [2.05, 4.69) is 19.2 Å². The van der Waals surface area contributed by atoms with Gasteiger partial charge in [-0.1, -0.05) is 31.5 Å². The lowest BCUT2D eigenvalue weighted by Crippen LogP contribution is -2.34. The topological polar surface area (TPSA) is 49.4 Å². The Balaban J connectivity index is 2.54. The lowest BCUT2D eigenvalue weighted by molar-refractivity contribution is -0.129. The van der Waals surface area contributed by atoms with Crippen molar-refractivity contribution in [3.05, 3.63) is 29.3 Å². The third kappa shape index (κ3) is 5.98. The molecule has 0 bridgehead atoms. The molecule has 0 aromatic heterocycles. The standard InChI is InChI=1S/C17H26N2O2/c1-12(2)11-19(15(5)20)9-8-17(21)18-16-7-6-13(3)10-14(16)4/h6-7,10,12H,8-9,11H2,1-5H3,(H,18,21). The minimum atomic E-state index is -0.0584. The highest BCUT2D eigenvalue weighted by atomic mass is 16.2. The molecule has 1 aromatic carbocycles. The predicted octanol–water partition coefficient (Wildman–Crippen LogP) is 3.14. The first kappa shape index (κ1) is 17.2. The van der Waals surface area contributed by atoms with Crippen molar-refractivity contribution < 1.29 is 9.59 Å². The van der Waals surface area contributed by atoms with Crippen molar-refractivity contribution in [2.45, 2.75) is 41.0 Å². The average molecular weight is 290 g/mol. The van der Waals surface area contributed by atoms with Gasteiger partial charge < -0.3 is 10.2 Å². The van der Waals surface area contributed by atoms with Gasteiger partial charge in [0.05, 0.1) is 0 Å². The van der Waals surface area contributed by atoms with Crippen molar-refractivity contribution in [1.82, 2.24) is 4.90 Å². The molecule has 2 amide bonds. The van der Waals surface area contributed by atoms with Crippen LogP contribution in [-0.4, -0.2) is 29.8 Å². The number of carbonyl (C=O) groups is 2. The molecule has 0 aliphatic carbocycles. The van der Waals surface area contributed by atoms with Crippen molar-refractivity contribution in [1.29, 1.82) is 0 Å². The fraction of sp³-hybridized carbons (Fsp3) is 0.529. The van der Waals surface area contributed by atoms with Gasteiger partial charge in [-0.3, -0.25) is 9.59 Å². The van der Waals surface area contributed by atoms with E-state index in [-0.39, 0.29) is 11.8 Å². The number of amides is 2. The molecule has 116 valence electrons. The maximum atomic E-state index is 12.0. The molecule has 4 heteroatoms. The van der Waals surface area contributed by atoms with Gasteiger partial charge in [-0.15, -0.1) is 0 Å². The van der Waals surface area contributed by atoms with Gasteiger partial charge >= 0.3 is 0 Å². The van der Waals surface area contributed by atoms with Crippen LogP contribution in [0.25, 0.3) is 0 Å². The van der Waals surface area contributed by atoms with Gasteiger partial charge in [-0.25, -0.2) is 0 Å². The fourth-order valence-electron chi connectivity index (χ4n) is 2.22. The van der Waals surface area contributed by atoms with E-state index in [0.717, 1.165) is 11.3 Å². The maximum absolute atomic E-state index is 12.0. The third-order valence-corrected chi connectivity index (χ3v) is 3.30. The summed E-state index contributed by atoms with van der Waals surface area (Å²) in [4.78, 5) is 25.3. The van der Waals surface area contributed by atoms with Gasteiger partial charge in [-0.05, 0) is 31.4 Å². The number of aryl methyl sites for hydroxylation is 2. The monoisotopic (exact) mass is 290 g/mol. The highest BCUT2D eigenvalue weighted by Gasteiger charge is 2.13. The van der Waals surface area contributed by atoms with Crippen LogP contribution in [0.5, 0.6) is 0 Å². The highest BCUT2D eigenvalue weighted by molar-refractivity contribution is 5.91. The van der Waals surface area contributed by atoms with Gasteiger partial charge in [0.1, 0.15) is 0 Å². The zero-order valence-corrected chi connectivity index (χ0v) is 13.7. The molecule has 0 spiro atoms. The molecular weight excluding hydrogens is 264 g/mol. The Morgan fingerprint density at radius 1 is 1.24 bits per heavy atom. The van der Waals surface area contributed by atoms with Gasteiger partial charge in [0, 0.05) is 32.1 Å². The summed E-state index contributed by atoms with van der Waals surface area (Å²) in [5.74, 6) is 0.358. The van der Waals surface area contributed by atoms with Gasteiger partial charge in [0.2, 0.25) is 11.8 Å². The lowest BCUT2D eigenvalue weighted by atomic mass is 10.1. The smallest absolute Gasteiger partial charge is 0.226 e. The van der Waals surface area contributed by atoms with E-state index < -0.39 is 0 Å². The molecule has 0 saturated carbocycles. The summed E-state index contributed by atoms with van der Waals surface area (Å²) in [6.07, 6.45) is 0.319. The fourth-order valence-corrected chi connectivity index (χ4v) is 2.22. The summed E-state index contributed by atoms with van der Waals surface area (Å²) in [7, 11) is 0. The second kappa shape index (κ2) is 7.81. The van der Waals surface area contributed by atoms with Gasteiger partial charge in [0.15, 0.2) is 0 Å². The molecule has 0 heterocycles. The van der Waals surface area contributed by atoms with Crippen LogP contribution in [0.2, 0.25) is 0 Å². The van der Waals surface area contributed by atoms with Crippen molar-refractivity contribution in [3.63, 3.8) is 0 Å². The average Bonchev–Trinajstić information content (AvgIpc) is 2.37. The molecule has 0 saturated heterocycles. The quantitative estimate of drug-likeness (QED) is 0.875. The van der Waals surface area contributed by atoms with Crippen LogP contribution < -0.4 is 5.32 Å². The molecule has 0 fully saturated rings. The Morgan fingerprint density at radius 3 is 2.43 bits per heavy atom. The number of nitrogens with zero attached hydrogens (tertiary/aromatic N) is 1. The van der Waals surface area contributed by atoms with Crippen LogP contribution in [0.3, 0.4) is 0 Å². The molecule has 4 nitrogen and oxygen atoms in total. The molecule has 0 radical (unpaired) electrons. The van der Waals surface area contributed by atoms with E-state index in [1.165, 1.54) is 5.56 Å². The summed E-state index contributed by atoms with van der Waals surface area (Å²) in [5, 5.41) is 2.91. The van der Waals surface area contributed by atoms with Crippen molar-refractivity contribution in [2.75, 3.05) is 18.4 Å². The van der Waals surface area contributed by atoms with E-state index in [1.807, 2.05) is 32.0 Å². The first-order valence-corrected chi connectivity index (χ1v) is 7.42. The Hall–Kier alpha value is -1.84. The van der Waals surface area contributed by atoms with Crippen LogP contribution >= 0.6 is 0 Å². The summed E-state index contributed by atoms with van der Waals surface area (Å²) >= 11 is 0. The van der Waals surface area contributed by atoms with Crippen molar-refractivity contribution in [2.24, 2.45) is 5.92 Å². The Bertz CT molecular complexity index is 510. The van der Waals surface area contributed by atoms with Crippen molar-refractivity contribution >= 4 is 17.5 Å². The molecule has 1 aromatic rings. The van der Waals surface area contributed by atoms with Gasteiger partial charge in [0.25, 0.3) is 0 Å². The zero-order valence-electron chi connectivity index (χ0n) is 13.7. The molecule has 1 rings (SSSR count). The number of benzene rings is 1. The summed E-state index contributed by atoms with van der Waals surface area (Å²) in [6, 6.07) is 5.93. The molecule has 0 unspecified atom stereocenters. The van der Waals surface area contributed by atoms with E-state index in [0.29, 0.717) is 25.4 Å². The summed E-state index contributed by atoms with van der Waals surface area (Å²) in [6.45, 7) is 10.8. The number of rotatable bonds is 6. The summed E-state index contributed by atoms with van der Waals surface area (Å²) in [5.41, 5.74) is 3.06. The molecular formula is C17H26N2O2. The molecule has 21 heavy (non-hydrogen) atoms. The molecule has 0 aliphatic heterocycles. The number of carbonyl (C=O) groups excluding carboxylic acids is 2. The second-order valence-electron chi connectivity index (χ2n) is 5.98.